The average molecular weight is 401 g/mol. The van der Waals surface area contributed by atoms with Gasteiger partial charge >= 0.3 is 5.76 Å². The number of anilines is 1. The van der Waals surface area contributed by atoms with E-state index in [0.717, 1.165) is 22.4 Å². The number of rotatable bonds is 5. The molecule has 1 unspecified atom stereocenters. The third-order valence-corrected chi connectivity index (χ3v) is 5.22. The fraction of sp³-hybridized carbons (Fsp3) is 0.167. The summed E-state index contributed by atoms with van der Waals surface area (Å²) in [6.07, 6.45) is 0. The van der Waals surface area contributed by atoms with E-state index in [9.17, 15) is 9.59 Å². The first-order chi connectivity index (χ1) is 14.4. The quantitative estimate of drug-likeness (QED) is 0.549. The van der Waals surface area contributed by atoms with Crippen LogP contribution in [-0.2, 0) is 11.3 Å². The third kappa shape index (κ3) is 3.77. The highest BCUT2D eigenvalue weighted by atomic mass is 16.4. The third-order valence-electron chi connectivity index (χ3n) is 5.22. The standard InChI is InChI=1S/C24H23N3O3/c1-16(25)17-7-6-8-18(13-17)19-11-12-22-21(14-19)27(24(29)30-22)15-23(28)26(2)20-9-4-3-5-10-20/h3-14,16H,15,25H2,1-2H3. The van der Waals surface area contributed by atoms with E-state index in [-0.39, 0.29) is 18.5 Å². The van der Waals surface area contributed by atoms with Crippen molar-refractivity contribution in [1.29, 1.82) is 0 Å². The lowest BCUT2D eigenvalue weighted by molar-refractivity contribution is -0.118. The van der Waals surface area contributed by atoms with Crippen LogP contribution in [0.3, 0.4) is 0 Å². The first kappa shape index (κ1) is 19.7. The van der Waals surface area contributed by atoms with Gasteiger partial charge in [-0.2, -0.15) is 0 Å². The summed E-state index contributed by atoms with van der Waals surface area (Å²) in [5.41, 5.74) is 10.7. The maximum absolute atomic E-state index is 12.8. The van der Waals surface area contributed by atoms with Crippen molar-refractivity contribution in [2.24, 2.45) is 5.73 Å². The number of para-hydroxylation sites is 1. The normalized spacial score (nSPS) is 12.1. The molecule has 4 aromatic rings. The van der Waals surface area contributed by atoms with Crippen molar-refractivity contribution in [3.8, 4) is 11.1 Å². The molecule has 2 N–H and O–H groups in total. The molecule has 1 atom stereocenters. The predicted octanol–water partition coefficient (Wildman–Crippen LogP) is 3.94. The minimum atomic E-state index is -0.554. The van der Waals surface area contributed by atoms with Crippen LogP contribution in [0.25, 0.3) is 22.2 Å². The molecule has 1 aromatic heterocycles. The number of hydrogen-bond donors (Lipinski definition) is 1. The Hall–Kier alpha value is -3.64. The molecule has 4 rings (SSSR count). The highest BCUT2D eigenvalue weighted by Gasteiger charge is 2.17. The average Bonchev–Trinajstić information content (AvgIpc) is 3.08. The highest BCUT2D eigenvalue weighted by molar-refractivity contribution is 5.93. The molecule has 0 saturated heterocycles. The van der Waals surface area contributed by atoms with Gasteiger partial charge in [0.1, 0.15) is 6.54 Å². The fourth-order valence-electron chi connectivity index (χ4n) is 3.43. The van der Waals surface area contributed by atoms with Gasteiger partial charge in [-0.05, 0) is 53.9 Å². The summed E-state index contributed by atoms with van der Waals surface area (Å²) in [6.45, 7) is 1.82. The van der Waals surface area contributed by atoms with Crippen LogP contribution in [0.15, 0.2) is 82.0 Å². The van der Waals surface area contributed by atoms with Gasteiger partial charge in [-0.25, -0.2) is 4.79 Å². The highest BCUT2D eigenvalue weighted by Crippen LogP contribution is 2.26. The molecule has 0 aliphatic heterocycles. The molecule has 3 aromatic carbocycles. The number of carbonyl (C=O) groups excluding carboxylic acids is 1. The maximum atomic E-state index is 12.8. The number of nitrogens with zero attached hydrogens (tertiary/aromatic N) is 2. The zero-order chi connectivity index (χ0) is 21.3. The molecular formula is C24H23N3O3. The Labute approximate surface area is 174 Å². The monoisotopic (exact) mass is 401 g/mol. The Morgan fingerprint density at radius 3 is 2.50 bits per heavy atom. The van der Waals surface area contributed by atoms with E-state index in [4.69, 9.17) is 10.2 Å². The van der Waals surface area contributed by atoms with Crippen LogP contribution in [-0.4, -0.2) is 17.5 Å². The minimum absolute atomic E-state index is 0.0769. The molecule has 1 amide bonds. The topological polar surface area (TPSA) is 81.5 Å². The van der Waals surface area contributed by atoms with Gasteiger partial charge in [0.2, 0.25) is 5.91 Å². The van der Waals surface area contributed by atoms with Crippen LogP contribution in [0.4, 0.5) is 5.69 Å². The van der Waals surface area contributed by atoms with E-state index in [1.165, 1.54) is 9.47 Å². The number of oxazole rings is 1. The number of fused-ring (bicyclic) bond motifs is 1. The fourth-order valence-corrected chi connectivity index (χ4v) is 3.43. The van der Waals surface area contributed by atoms with Gasteiger partial charge in [0.05, 0.1) is 5.52 Å². The molecule has 6 nitrogen and oxygen atoms in total. The van der Waals surface area contributed by atoms with E-state index in [0.29, 0.717) is 11.1 Å². The molecule has 0 spiro atoms. The lowest BCUT2D eigenvalue weighted by Gasteiger charge is -2.17. The second-order valence-corrected chi connectivity index (χ2v) is 7.34. The molecule has 0 fully saturated rings. The second kappa shape index (κ2) is 8.00. The van der Waals surface area contributed by atoms with Gasteiger partial charge in [0.15, 0.2) is 5.58 Å². The molecule has 0 aliphatic carbocycles. The van der Waals surface area contributed by atoms with E-state index < -0.39 is 5.76 Å². The maximum Gasteiger partial charge on any atom is 0.420 e. The van der Waals surface area contributed by atoms with Crippen LogP contribution in [0.1, 0.15) is 18.5 Å². The van der Waals surface area contributed by atoms with Crippen molar-refractivity contribution in [3.05, 3.63) is 88.9 Å². The van der Waals surface area contributed by atoms with E-state index in [1.807, 2.05) is 73.7 Å². The molecule has 0 radical (unpaired) electrons. The van der Waals surface area contributed by atoms with Crippen LogP contribution < -0.4 is 16.4 Å². The van der Waals surface area contributed by atoms with Crippen molar-refractivity contribution in [3.63, 3.8) is 0 Å². The smallest absolute Gasteiger partial charge is 0.408 e. The van der Waals surface area contributed by atoms with Gasteiger partial charge < -0.3 is 15.1 Å². The molecule has 0 saturated carbocycles. The number of benzene rings is 3. The first-order valence-electron chi connectivity index (χ1n) is 9.75. The molecule has 6 heteroatoms. The lowest BCUT2D eigenvalue weighted by atomic mass is 10.0. The molecule has 0 aliphatic rings. The van der Waals surface area contributed by atoms with Crippen molar-refractivity contribution in [1.82, 2.24) is 4.57 Å². The number of aromatic nitrogens is 1. The minimum Gasteiger partial charge on any atom is -0.408 e. The van der Waals surface area contributed by atoms with Gasteiger partial charge in [0.25, 0.3) is 0 Å². The van der Waals surface area contributed by atoms with Gasteiger partial charge in [-0.3, -0.25) is 9.36 Å². The predicted molar refractivity (Wildman–Crippen MR) is 118 cm³/mol. The molecule has 152 valence electrons. The summed E-state index contributed by atoms with van der Waals surface area (Å²) in [7, 11) is 1.69. The van der Waals surface area contributed by atoms with Crippen molar-refractivity contribution >= 4 is 22.7 Å². The van der Waals surface area contributed by atoms with Gasteiger partial charge in [-0.1, -0.05) is 42.5 Å². The van der Waals surface area contributed by atoms with Crippen molar-refractivity contribution in [2.75, 3.05) is 11.9 Å². The second-order valence-electron chi connectivity index (χ2n) is 7.34. The van der Waals surface area contributed by atoms with E-state index in [1.54, 1.807) is 13.1 Å². The lowest BCUT2D eigenvalue weighted by Crippen LogP contribution is -2.32. The van der Waals surface area contributed by atoms with Crippen LogP contribution in [0, 0.1) is 0 Å². The zero-order valence-corrected chi connectivity index (χ0v) is 16.9. The molecule has 0 bridgehead atoms. The van der Waals surface area contributed by atoms with Crippen molar-refractivity contribution < 1.29 is 9.21 Å². The summed E-state index contributed by atoms with van der Waals surface area (Å²) >= 11 is 0. The number of hydrogen-bond acceptors (Lipinski definition) is 4. The van der Waals surface area contributed by atoms with Crippen molar-refractivity contribution in [2.45, 2.75) is 19.5 Å². The molecular weight excluding hydrogens is 378 g/mol. The Bertz CT molecular complexity index is 1260. The van der Waals surface area contributed by atoms with Gasteiger partial charge in [0, 0.05) is 18.8 Å². The largest absolute Gasteiger partial charge is 0.420 e. The summed E-state index contributed by atoms with van der Waals surface area (Å²) < 4.78 is 6.73. The molecule has 1 heterocycles. The van der Waals surface area contributed by atoms with E-state index >= 15 is 0 Å². The van der Waals surface area contributed by atoms with E-state index in [2.05, 4.69) is 0 Å². The number of nitrogens with two attached hydrogens (primary N) is 1. The van der Waals surface area contributed by atoms with Crippen LogP contribution in [0.5, 0.6) is 0 Å². The summed E-state index contributed by atoms with van der Waals surface area (Å²) in [4.78, 5) is 26.8. The number of amides is 1. The Morgan fingerprint density at radius 2 is 1.77 bits per heavy atom. The summed E-state index contributed by atoms with van der Waals surface area (Å²) in [5, 5.41) is 0. The first-order valence-corrected chi connectivity index (χ1v) is 9.75. The summed E-state index contributed by atoms with van der Waals surface area (Å²) in [5.74, 6) is -0.767. The Morgan fingerprint density at radius 1 is 1.03 bits per heavy atom. The zero-order valence-electron chi connectivity index (χ0n) is 16.9. The number of likely N-dealkylation sites (N-methyl/N-ethyl adjacent to an activating group) is 1. The summed E-state index contributed by atoms with van der Waals surface area (Å²) in [6, 6.07) is 22.7. The molecule has 30 heavy (non-hydrogen) atoms. The van der Waals surface area contributed by atoms with Crippen LogP contribution in [0.2, 0.25) is 0 Å². The van der Waals surface area contributed by atoms with Crippen LogP contribution >= 0.6 is 0 Å². The van der Waals surface area contributed by atoms with Gasteiger partial charge in [-0.15, -0.1) is 0 Å². The number of carbonyl (C=O) groups is 1. The Kier molecular flexibility index (Phi) is 5.25. The SMILES string of the molecule is CC(N)c1cccc(-c2ccc3oc(=O)n(CC(=O)N(C)c4ccccc4)c3c2)c1. The Balaban J connectivity index is 1.70.